The molecule has 0 aliphatic carbocycles. The molecule has 0 aromatic heterocycles. The second kappa shape index (κ2) is 9.80. The van der Waals surface area contributed by atoms with Crippen LogP contribution in [0.15, 0.2) is 47.4 Å². The topological polar surface area (TPSA) is 53.7 Å². The number of rotatable bonds is 10. The number of alkyl halides is 1. The maximum absolute atomic E-state index is 11.8. The van der Waals surface area contributed by atoms with Gasteiger partial charge in [-0.25, -0.2) is 4.39 Å². The first-order valence-electron chi connectivity index (χ1n) is 8.76. The van der Waals surface area contributed by atoms with Crippen molar-refractivity contribution >= 4 is 17.4 Å². The van der Waals surface area contributed by atoms with Crippen LogP contribution < -0.4 is 10.5 Å². The molecule has 0 saturated carbocycles. The van der Waals surface area contributed by atoms with Gasteiger partial charge in [-0.1, -0.05) is 24.3 Å². The van der Waals surface area contributed by atoms with Crippen molar-refractivity contribution in [2.75, 3.05) is 45.4 Å². The Bertz CT molecular complexity index is 688. The van der Waals surface area contributed by atoms with E-state index < -0.39 is 6.67 Å². The summed E-state index contributed by atoms with van der Waals surface area (Å²) in [5.74, 6) is 0.740. The van der Waals surface area contributed by atoms with Crippen LogP contribution in [0.1, 0.15) is 16.4 Å². The molecular formula is C20H24FNO3S. The van der Waals surface area contributed by atoms with Crippen LogP contribution in [0.25, 0.3) is 0 Å². The van der Waals surface area contributed by atoms with Crippen LogP contribution in [0, 0.1) is 0 Å². The fourth-order valence-electron chi connectivity index (χ4n) is 2.89. The first-order chi connectivity index (χ1) is 12.8. The van der Waals surface area contributed by atoms with Gasteiger partial charge in [-0.3, -0.25) is 0 Å². The van der Waals surface area contributed by atoms with E-state index in [1.165, 1.54) is 10.5 Å². The molecular weight excluding hydrogens is 353 g/mol. The summed E-state index contributed by atoms with van der Waals surface area (Å²) in [6, 6.07) is 14.4. The van der Waals surface area contributed by atoms with Crippen LogP contribution in [0.2, 0.25) is 0 Å². The Morgan fingerprint density at radius 1 is 1.00 bits per heavy atom. The number of hydrogen-bond acceptors (Lipinski definition) is 5. The quantitative estimate of drug-likeness (QED) is 0.500. The maximum Gasteiger partial charge on any atom is 0.121 e. The Balaban J connectivity index is 1.44. The van der Waals surface area contributed by atoms with E-state index in [9.17, 15) is 4.39 Å². The largest absolute Gasteiger partial charge is 0.491 e. The standard InChI is InChI=1S/C20H24FNO3S/c21-7-8-23-9-10-24-11-12-25-16-5-6-17(18(22)14-16)20-13-15-3-1-2-4-19(15)26-20/h1-6,14,20H,7-13,22H2. The Labute approximate surface area is 157 Å². The number of hydrogen-bond donors (Lipinski definition) is 1. The molecule has 0 spiro atoms. The molecule has 0 radical (unpaired) electrons. The zero-order valence-electron chi connectivity index (χ0n) is 14.7. The van der Waals surface area contributed by atoms with Gasteiger partial charge < -0.3 is 19.9 Å². The van der Waals surface area contributed by atoms with E-state index in [1.54, 1.807) is 0 Å². The van der Waals surface area contributed by atoms with Gasteiger partial charge in [0.15, 0.2) is 0 Å². The molecule has 140 valence electrons. The predicted molar refractivity (Wildman–Crippen MR) is 103 cm³/mol. The molecule has 2 aromatic carbocycles. The van der Waals surface area contributed by atoms with Crippen LogP contribution in [-0.4, -0.2) is 39.7 Å². The Morgan fingerprint density at radius 3 is 2.54 bits per heavy atom. The molecule has 3 rings (SSSR count). The molecule has 1 heterocycles. The van der Waals surface area contributed by atoms with Crippen molar-refractivity contribution in [3.05, 3.63) is 53.6 Å². The Kier molecular flexibility index (Phi) is 7.17. The van der Waals surface area contributed by atoms with Crippen LogP contribution in [-0.2, 0) is 15.9 Å². The summed E-state index contributed by atoms with van der Waals surface area (Å²) in [5, 5.41) is 0.356. The molecule has 2 aromatic rings. The monoisotopic (exact) mass is 377 g/mol. The van der Waals surface area contributed by atoms with Gasteiger partial charge in [0.25, 0.3) is 0 Å². The van der Waals surface area contributed by atoms with Crippen LogP contribution in [0.5, 0.6) is 5.75 Å². The lowest BCUT2D eigenvalue weighted by molar-refractivity contribution is 0.0325. The maximum atomic E-state index is 11.8. The number of anilines is 1. The van der Waals surface area contributed by atoms with Gasteiger partial charge in [-0.2, -0.15) is 0 Å². The zero-order chi connectivity index (χ0) is 18.2. The number of nitrogen functional groups attached to an aromatic ring is 1. The summed E-state index contributed by atoms with van der Waals surface area (Å²) >= 11 is 1.87. The van der Waals surface area contributed by atoms with Crippen molar-refractivity contribution in [1.82, 2.24) is 0 Å². The number of thioether (sulfide) groups is 1. The van der Waals surface area contributed by atoms with Crippen molar-refractivity contribution < 1.29 is 18.6 Å². The fourth-order valence-corrected chi connectivity index (χ4v) is 4.26. The summed E-state index contributed by atoms with van der Waals surface area (Å²) in [4.78, 5) is 1.34. The molecule has 2 N–H and O–H groups in total. The van der Waals surface area contributed by atoms with E-state index in [4.69, 9.17) is 19.9 Å². The SMILES string of the molecule is Nc1cc(OCCOCCOCCF)ccc1C1Cc2ccccc2S1. The summed E-state index contributed by atoms with van der Waals surface area (Å²) in [6.07, 6.45) is 1.00. The van der Waals surface area contributed by atoms with Crippen LogP contribution in [0.4, 0.5) is 10.1 Å². The zero-order valence-corrected chi connectivity index (χ0v) is 15.5. The number of halogens is 1. The lowest BCUT2D eigenvalue weighted by atomic mass is 10.0. The second-order valence-electron chi connectivity index (χ2n) is 5.97. The minimum absolute atomic E-state index is 0.121. The van der Waals surface area contributed by atoms with Gasteiger partial charge in [-0.05, 0) is 29.7 Å². The van der Waals surface area contributed by atoms with Gasteiger partial charge in [-0.15, -0.1) is 11.8 Å². The van der Waals surface area contributed by atoms with Gasteiger partial charge in [0.1, 0.15) is 19.0 Å². The highest BCUT2D eigenvalue weighted by Crippen LogP contribution is 2.48. The van der Waals surface area contributed by atoms with E-state index in [-0.39, 0.29) is 6.61 Å². The lowest BCUT2D eigenvalue weighted by Gasteiger charge is -2.14. The third kappa shape index (κ3) is 5.13. The van der Waals surface area contributed by atoms with Crippen molar-refractivity contribution in [3.8, 4) is 5.75 Å². The minimum atomic E-state index is -0.466. The molecule has 6 heteroatoms. The highest BCUT2D eigenvalue weighted by molar-refractivity contribution is 7.99. The number of fused-ring (bicyclic) bond motifs is 1. The molecule has 0 saturated heterocycles. The van der Waals surface area contributed by atoms with Crippen molar-refractivity contribution in [2.45, 2.75) is 16.6 Å². The van der Waals surface area contributed by atoms with E-state index in [0.717, 1.165) is 23.4 Å². The molecule has 0 bridgehead atoms. The Hall–Kier alpha value is -1.76. The summed E-state index contributed by atoms with van der Waals surface area (Å²) in [7, 11) is 0. The smallest absolute Gasteiger partial charge is 0.121 e. The van der Waals surface area contributed by atoms with Crippen molar-refractivity contribution in [1.29, 1.82) is 0 Å². The van der Waals surface area contributed by atoms with E-state index in [2.05, 4.69) is 30.3 Å². The highest BCUT2D eigenvalue weighted by Gasteiger charge is 2.24. The molecule has 1 aliphatic heterocycles. The van der Waals surface area contributed by atoms with Crippen molar-refractivity contribution in [2.24, 2.45) is 0 Å². The molecule has 4 nitrogen and oxygen atoms in total. The van der Waals surface area contributed by atoms with Gasteiger partial charge in [0, 0.05) is 21.9 Å². The molecule has 1 aliphatic rings. The third-order valence-corrected chi connectivity index (χ3v) is 5.50. The number of nitrogens with two attached hydrogens (primary N) is 1. The first kappa shape index (κ1) is 19.0. The van der Waals surface area contributed by atoms with Gasteiger partial charge >= 0.3 is 0 Å². The van der Waals surface area contributed by atoms with Gasteiger partial charge in [0.05, 0.1) is 26.4 Å². The molecule has 26 heavy (non-hydrogen) atoms. The summed E-state index contributed by atoms with van der Waals surface area (Å²) in [5.41, 5.74) is 9.56. The third-order valence-electron chi connectivity index (χ3n) is 4.14. The summed E-state index contributed by atoms with van der Waals surface area (Å²) in [6.45, 7) is 1.37. The van der Waals surface area contributed by atoms with Crippen LogP contribution in [0.3, 0.4) is 0 Å². The average molecular weight is 377 g/mol. The summed E-state index contributed by atoms with van der Waals surface area (Å²) < 4.78 is 27.9. The van der Waals surface area contributed by atoms with E-state index in [1.807, 2.05) is 23.9 Å². The number of ether oxygens (including phenoxy) is 3. The molecule has 0 amide bonds. The second-order valence-corrected chi connectivity index (χ2v) is 7.22. The molecule has 1 unspecified atom stereocenters. The van der Waals surface area contributed by atoms with E-state index in [0.29, 0.717) is 31.7 Å². The van der Waals surface area contributed by atoms with Crippen LogP contribution >= 0.6 is 11.8 Å². The first-order valence-corrected chi connectivity index (χ1v) is 9.64. The average Bonchev–Trinajstić information content (AvgIpc) is 3.08. The lowest BCUT2D eigenvalue weighted by Crippen LogP contribution is -2.11. The van der Waals surface area contributed by atoms with Gasteiger partial charge in [0.2, 0.25) is 0 Å². The minimum Gasteiger partial charge on any atom is -0.491 e. The predicted octanol–water partition coefficient (Wildman–Crippen LogP) is 4.04. The molecule has 0 fully saturated rings. The highest BCUT2D eigenvalue weighted by atomic mass is 32.2. The van der Waals surface area contributed by atoms with Crippen molar-refractivity contribution in [3.63, 3.8) is 0 Å². The van der Waals surface area contributed by atoms with E-state index >= 15 is 0 Å². The number of benzene rings is 2. The fraction of sp³-hybridized carbons (Fsp3) is 0.400. The molecule has 1 atom stereocenters. The Morgan fingerprint density at radius 2 is 1.77 bits per heavy atom. The normalized spacial score (nSPS) is 15.8.